The van der Waals surface area contributed by atoms with Crippen LogP contribution < -0.4 is 0 Å². The molecule has 0 amide bonds. The quantitative estimate of drug-likeness (QED) is 0.0198. The molecule has 0 spiro atoms. The van der Waals surface area contributed by atoms with Gasteiger partial charge in [0, 0.05) is 13.0 Å². The molecule has 1 aliphatic heterocycles. The average Bonchev–Trinajstić information content (AvgIpc) is 3.27. The Kier molecular flexibility index (Phi) is 38.6. The van der Waals surface area contributed by atoms with E-state index in [1.165, 1.54) is 38.5 Å². The zero-order valence-corrected chi connectivity index (χ0v) is 40.1. The van der Waals surface area contributed by atoms with E-state index in [9.17, 15) is 33.1 Å². The molecule has 1 aliphatic rings. The summed E-state index contributed by atoms with van der Waals surface area (Å²) >= 11 is 0. The van der Waals surface area contributed by atoms with Crippen LogP contribution >= 0.6 is 0 Å². The van der Waals surface area contributed by atoms with Crippen molar-refractivity contribution in [2.45, 2.75) is 205 Å². The number of unbranched alkanes of at least 4 members (excludes halogenated alkanes) is 14. The Morgan fingerprint density at radius 1 is 0.609 bits per heavy atom. The van der Waals surface area contributed by atoms with Crippen molar-refractivity contribution in [2.75, 3.05) is 26.4 Å². The number of rotatable bonds is 41. The van der Waals surface area contributed by atoms with Crippen molar-refractivity contribution in [1.29, 1.82) is 0 Å². The Labute approximate surface area is 387 Å². The maximum Gasteiger partial charge on any atom is 0.397 e. The van der Waals surface area contributed by atoms with Gasteiger partial charge in [-0.05, 0) is 89.9 Å². The van der Waals surface area contributed by atoms with Crippen LogP contribution in [-0.2, 0) is 38.3 Å². The van der Waals surface area contributed by atoms with Gasteiger partial charge >= 0.3 is 16.4 Å². The first-order chi connectivity index (χ1) is 31.1. The molecular formula is C51H86O12S. The van der Waals surface area contributed by atoms with Crippen molar-refractivity contribution in [3.05, 3.63) is 85.1 Å². The van der Waals surface area contributed by atoms with E-state index in [4.69, 9.17) is 18.9 Å². The molecule has 12 nitrogen and oxygen atoms in total. The van der Waals surface area contributed by atoms with E-state index in [0.29, 0.717) is 13.0 Å². The summed E-state index contributed by atoms with van der Waals surface area (Å²) in [6.07, 6.45) is 46.1. The second-order valence-corrected chi connectivity index (χ2v) is 17.4. The molecule has 1 heterocycles. The number of aliphatic hydroxyl groups excluding tert-OH is 3. The number of esters is 1. The lowest BCUT2D eigenvalue weighted by molar-refractivity contribution is -0.301. The van der Waals surface area contributed by atoms with Crippen molar-refractivity contribution < 1.29 is 56.2 Å². The van der Waals surface area contributed by atoms with Crippen LogP contribution in [0.2, 0.25) is 0 Å². The number of carbonyl (C=O) groups excluding carboxylic acids is 1. The van der Waals surface area contributed by atoms with Gasteiger partial charge in [-0.2, -0.15) is 8.42 Å². The van der Waals surface area contributed by atoms with Crippen molar-refractivity contribution in [3.8, 4) is 0 Å². The van der Waals surface area contributed by atoms with Gasteiger partial charge in [0.2, 0.25) is 0 Å². The number of hydrogen-bond acceptors (Lipinski definition) is 11. The Bertz CT molecular complexity index is 1440. The Hall–Kier alpha value is -2.72. The second kappa shape index (κ2) is 41.7. The summed E-state index contributed by atoms with van der Waals surface area (Å²) in [6, 6.07) is 0. The van der Waals surface area contributed by atoms with Crippen LogP contribution in [0.1, 0.15) is 168 Å². The molecule has 6 unspecified atom stereocenters. The summed E-state index contributed by atoms with van der Waals surface area (Å²) in [4.78, 5) is 12.9. The molecule has 13 heteroatoms. The van der Waals surface area contributed by atoms with E-state index < -0.39 is 59.8 Å². The molecule has 1 fully saturated rings. The Balaban J connectivity index is 2.43. The van der Waals surface area contributed by atoms with Crippen molar-refractivity contribution in [2.24, 2.45) is 0 Å². The van der Waals surface area contributed by atoms with Gasteiger partial charge in [0.1, 0.15) is 30.5 Å². The molecule has 0 radical (unpaired) electrons. The normalized spacial score (nSPS) is 20.5. The molecule has 0 aromatic carbocycles. The van der Waals surface area contributed by atoms with Gasteiger partial charge in [-0.1, -0.05) is 157 Å². The lowest BCUT2D eigenvalue weighted by Crippen LogP contribution is -2.60. The maximum atomic E-state index is 12.9. The topological polar surface area (TPSA) is 178 Å². The summed E-state index contributed by atoms with van der Waals surface area (Å²) in [5, 5.41) is 30.7. The van der Waals surface area contributed by atoms with E-state index in [0.717, 1.165) is 103 Å². The number of ether oxygens (including phenoxy) is 4. The van der Waals surface area contributed by atoms with Crippen LogP contribution in [-0.4, -0.2) is 97.5 Å². The third-order valence-corrected chi connectivity index (χ3v) is 11.0. The highest BCUT2D eigenvalue weighted by atomic mass is 32.3. The van der Waals surface area contributed by atoms with Crippen LogP contribution in [0.25, 0.3) is 0 Å². The summed E-state index contributed by atoms with van der Waals surface area (Å²) in [5.74, 6) is -0.420. The fourth-order valence-electron chi connectivity index (χ4n) is 6.85. The first kappa shape index (κ1) is 59.3. The highest BCUT2D eigenvalue weighted by Gasteiger charge is 2.48. The third-order valence-electron chi connectivity index (χ3n) is 10.5. The van der Waals surface area contributed by atoms with Gasteiger partial charge in [0.05, 0.1) is 19.8 Å². The minimum absolute atomic E-state index is 0.0104. The van der Waals surface area contributed by atoms with Gasteiger partial charge in [0.15, 0.2) is 6.29 Å². The number of hydrogen-bond donors (Lipinski definition) is 4. The molecule has 0 aromatic rings. The predicted octanol–water partition coefficient (Wildman–Crippen LogP) is 10.9. The number of carbonyl (C=O) groups is 1. The number of allylic oxidation sites excluding steroid dienone is 14. The fourth-order valence-corrected chi connectivity index (χ4v) is 7.35. The lowest BCUT2D eigenvalue weighted by atomic mass is 9.99. The molecule has 64 heavy (non-hydrogen) atoms. The largest absolute Gasteiger partial charge is 0.457 e. The predicted molar refractivity (Wildman–Crippen MR) is 257 cm³/mol. The molecule has 6 atom stereocenters. The molecule has 368 valence electrons. The van der Waals surface area contributed by atoms with Crippen molar-refractivity contribution in [3.63, 3.8) is 0 Å². The minimum Gasteiger partial charge on any atom is -0.457 e. The van der Waals surface area contributed by atoms with E-state index in [2.05, 4.69) is 103 Å². The van der Waals surface area contributed by atoms with E-state index in [-0.39, 0.29) is 19.6 Å². The second-order valence-electron chi connectivity index (χ2n) is 16.3. The molecule has 1 saturated heterocycles. The molecule has 1 rings (SSSR count). The summed E-state index contributed by atoms with van der Waals surface area (Å²) in [6.45, 7) is 3.77. The fraction of sp³-hybridized carbons (Fsp3) is 0.706. The zero-order chi connectivity index (χ0) is 46.8. The first-order valence-electron chi connectivity index (χ1n) is 24.3. The summed E-state index contributed by atoms with van der Waals surface area (Å²) < 4.78 is 59.1. The third kappa shape index (κ3) is 34.6. The molecular weight excluding hydrogens is 837 g/mol. The van der Waals surface area contributed by atoms with Gasteiger partial charge in [-0.3, -0.25) is 9.35 Å². The zero-order valence-electron chi connectivity index (χ0n) is 39.3. The minimum atomic E-state index is -5.07. The molecule has 4 N–H and O–H groups in total. The molecule has 0 bridgehead atoms. The summed E-state index contributed by atoms with van der Waals surface area (Å²) in [7, 11) is -5.07. The number of aliphatic hydroxyl groups is 3. The maximum absolute atomic E-state index is 12.9. The monoisotopic (exact) mass is 923 g/mol. The smallest absolute Gasteiger partial charge is 0.397 e. The van der Waals surface area contributed by atoms with Crippen LogP contribution in [0.4, 0.5) is 0 Å². The van der Waals surface area contributed by atoms with Crippen LogP contribution in [0, 0.1) is 0 Å². The Morgan fingerprint density at radius 3 is 1.58 bits per heavy atom. The van der Waals surface area contributed by atoms with Crippen LogP contribution in [0.5, 0.6) is 0 Å². The summed E-state index contributed by atoms with van der Waals surface area (Å²) in [5.41, 5.74) is 0. The first-order valence-corrected chi connectivity index (χ1v) is 25.7. The molecule has 0 saturated carbocycles. The van der Waals surface area contributed by atoms with Crippen LogP contribution in [0.15, 0.2) is 85.1 Å². The molecule has 0 aromatic heterocycles. The van der Waals surface area contributed by atoms with Gasteiger partial charge in [-0.25, -0.2) is 4.18 Å². The van der Waals surface area contributed by atoms with E-state index in [1.807, 2.05) is 0 Å². The molecule has 0 aliphatic carbocycles. The van der Waals surface area contributed by atoms with Crippen molar-refractivity contribution in [1.82, 2.24) is 0 Å². The van der Waals surface area contributed by atoms with E-state index in [1.54, 1.807) is 0 Å². The highest BCUT2D eigenvalue weighted by Crippen LogP contribution is 2.26. The van der Waals surface area contributed by atoms with Gasteiger partial charge < -0.3 is 34.3 Å². The standard InChI is InChI=1S/C51H86O12S/c1-3-5-7-9-11-13-15-17-19-21-22-23-25-27-29-31-33-35-37-39-41-59-43-45(44-60-51-49(55)50(63-64(56,57)58)48(54)46(42-52)62-51)61-47(53)40-38-36-34-32-30-28-26-24-20-18-16-14-12-10-8-6-4-2/h5,7,11-14,17-20,22-23,27,29,45-46,48-52,54-55H,3-4,6,8-10,15-16,21,24-26,28,30-44H2,1-2H3,(H,56,57,58)/b7-5-,13-11-,14-12-,19-17-,20-18-,23-22-,29-27-. The van der Waals surface area contributed by atoms with Crippen molar-refractivity contribution >= 4 is 16.4 Å². The lowest BCUT2D eigenvalue weighted by Gasteiger charge is -2.41. The van der Waals surface area contributed by atoms with Gasteiger partial charge in [-0.15, -0.1) is 0 Å². The SMILES string of the molecule is CC/C=C\C/C=C\C/C=C\C/C=C\C/C=C\CCCCCCOCC(COC1OC(CO)C(O)C(OS(=O)(=O)O)C1O)OC(=O)CCCCCCCCC/C=C\C/C=C\CCCCC. The van der Waals surface area contributed by atoms with E-state index >= 15 is 0 Å². The van der Waals surface area contributed by atoms with Crippen LogP contribution in [0.3, 0.4) is 0 Å². The average molecular weight is 923 g/mol. The van der Waals surface area contributed by atoms with Gasteiger partial charge in [0.25, 0.3) is 0 Å². The highest BCUT2D eigenvalue weighted by molar-refractivity contribution is 7.80. The Morgan fingerprint density at radius 2 is 1.08 bits per heavy atom.